The Hall–Kier alpha value is 1.21. The summed E-state index contributed by atoms with van der Waals surface area (Å²) in [6.45, 7) is 4.36. The predicted octanol–water partition coefficient (Wildman–Crippen LogP) is 1.31. The molecule has 0 spiro atoms. The second-order valence-corrected chi connectivity index (χ2v) is 1.000. The molecule has 0 aromatic rings. The molecule has 0 saturated heterocycles. The molecule has 2 heteroatoms. The Kier molecular flexibility index (Phi) is 42.8. The van der Waals surface area contributed by atoms with Crippen LogP contribution in [0.5, 0.6) is 0 Å². The first kappa shape index (κ1) is 15.7. The first-order chi connectivity index (χ1) is 1.91. The second-order valence-electron chi connectivity index (χ2n) is 1.000. The van der Waals surface area contributed by atoms with Gasteiger partial charge in [0, 0.05) is 0 Å². The first-order valence-electron chi connectivity index (χ1n) is 1.91. The van der Waals surface area contributed by atoms with Crippen molar-refractivity contribution in [2.45, 2.75) is 26.7 Å². The second kappa shape index (κ2) is 16.4. The SMILES string of the molecule is CCCC.Cl.[PbH2]. The molecule has 0 nitrogen and oxygen atoms in total. The Labute approximate surface area is 66.3 Å². The Morgan fingerprint density at radius 2 is 1.17 bits per heavy atom. The van der Waals surface area contributed by atoms with E-state index in [0.717, 1.165) is 0 Å². The molecule has 2 radical (unpaired) electrons. The molecule has 0 heterocycles. The fourth-order valence-electron chi connectivity index (χ4n) is 0. The molecule has 0 aliphatic rings. The average molecular weight is 304 g/mol. The van der Waals surface area contributed by atoms with Gasteiger partial charge in [-0.15, -0.1) is 12.4 Å². The molecule has 0 amide bonds. The molecule has 0 aromatic heterocycles. The standard InChI is InChI=1S/C4H10.ClH.Pb.2H/c1-3-4-2;;;;/h3-4H2,1-2H3;1H;;;. The molecule has 0 aliphatic carbocycles. The zero-order valence-corrected chi connectivity index (χ0v) is 10.8. The quantitative estimate of drug-likeness (QED) is 0.641. The van der Waals surface area contributed by atoms with Crippen LogP contribution in [0.1, 0.15) is 26.7 Å². The third-order valence-corrected chi connectivity index (χ3v) is 0.500. The van der Waals surface area contributed by atoms with Crippen LogP contribution in [0, 0.1) is 0 Å². The van der Waals surface area contributed by atoms with Gasteiger partial charge in [-0.2, -0.15) is 0 Å². The first-order valence-corrected chi connectivity index (χ1v) is 1.91. The Morgan fingerprint density at radius 1 is 1.00 bits per heavy atom. The van der Waals surface area contributed by atoms with Crippen molar-refractivity contribution in [1.82, 2.24) is 0 Å². The van der Waals surface area contributed by atoms with E-state index in [2.05, 4.69) is 13.8 Å². The topological polar surface area (TPSA) is 0 Å². The van der Waals surface area contributed by atoms with Crippen molar-refractivity contribution < 1.29 is 0 Å². The van der Waals surface area contributed by atoms with E-state index in [1.807, 2.05) is 0 Å². The molecule has 0 fully saturated rings. The summed E-state index contributed by atoms with van der Waals surface area (Å²) in [6.07, 6.45) is 2.64. The van der Waals surface area contributed by atoms with E-state index in [4.69, 9.17) is 0 Å². The van der Waals surface area contributed by atoms with Gasteiger partial charge >= 0.3 is 27.3 Å². The monoisotopic (exact) mass is 304 g/mol. The minimum absolute atomic E-state index is 0. The van der Waals surface area contributed by atoms with Crippen LogP contribution in [0.4, 0.5) is 0 Å². The van der Waals surface area contributed by atoms with Gasteiger partial charge in [-0.3, -0.25) is 0 Å². The normalized spacial score (nSPS) is 5.00. The van der Waals surface area contributed by atoms with E-state index in [9.17, 15) is 0 Å². The van der Waals surface area contributed by atoms with Crippen LogP contribution in [-0.4, -0.2) is 27.3 Å². The van der Waals surface area contributed by atoms with Crippen molar-refractivity contribution in [2.24, 2.45) is 0 Å². The fraction of sp³-hybridized carbons (Fsp3) is 1.00. The van der Waals surface area contributed by atoms with Gasteiger partial charge in [0.25, 0.3) is 0 Å². The number of halogens is 1. The molecule has 0 atom stereocenters. The van der Waals surface area contributed by atoms with Crippen LogP contribution in [0.2, 0.25) is 0 Å². The molecule has 0 unspecified atom stereocenters. The van der Waals surface area contributed by atoms with Gasteiger partial charge in [0.05, 0.1) is 0 Å². The van der Waals surface area contributed by atoms with E-state index in [0.29, 0.717) is 0 Å². The van der Waals surface area contributed by atoms with Crippen LogP contribution in [0.25, 0.3) is 0 Å². The maximum absolute atomic E-state index is 2.18. The molecule has 0 saturated carbocycles. The van der Waals surface area contributed by atoms with Crippen LogP contribution < -0.4 is 0 Å². The Morgan fingerprint density at radius 3 is 1.17 bits per heavy atom. The van der Waals surface area contributed by atoms with E-state index < -0.39 is 0 Å². The van der Waals surface area contributed by atoms with Gasteiger partial charge in [0.1, 0.15) is 0 Å². The van der Waals surface area contributed by atoms with Crippen molar-refractivity contribution in [3.8, 4) is 0 Å². The van der Waals surface area contributed by atoms with Crippen LogP contribution in [0.15, 0.2) is 0 Å². The number of hydrogen-bond acceptors (Lipinski definition) is 0. The zero-order chi connectivity index (χ0) is 3.41. The van der Waals surface area contributed by atoms with Crippen molar-refractivity contribution >= 4 is 39.7 Å². The molecule has 6 heavy (non-hydrogen) atoms. The van der Waals surface area contributed by atoms with Crippen LogP contribution >= 0.6 is 12.4 Å². The molecule has 0 bridgehead atoms. The van der Waals surface area contributed by atoms with Gasteiger partial charge < -0.3 is 0 Å². The number of hydrogen-bond donors (Lipinski definition) is 0. The minimum atomic E-state index is 0. The van der Waals surface area contributed by atoms with E-state index in [1.165, 1.54) is 12.8 Å². The Balaban J connectivity index is -0.0000000450. The van der Waals surface area contributed by atoms with E-state index >= 15 is 0 Å². The van der Waals surface area contributed by atoms with Crippen molar-refractivity contribution in [1.29, 1.82) is 0 Å². The predicted molar refractivity (Wildman–Crippen MR) is 36.4 cm³/mol. The molecule has 0 aliphatic heterocycles. The summed E-state index contributed by atoms with van der Waals surface area (Å²) >= 11 is 0. The van der Waals surface area contributed by atoms with Crippen molar-refractivity contribution in [2.75, 3.05) is 0 Å². The molecular formula is C4H13ClPb. The summed E-state index contributed by atoms with van der Waals surface area (Å²) < 4.78 is 0. The third-order valence-electron chi connectivity index (χ3n) is 0.500. The van der Waals surface area contributed by atoms with Crippen LogP contribution in [0.3, 0.4) is 0 Å². The van der Waals surface area contributed by atoms with Crippen molar-refractivity contribution in [3.05, 3.63) is 0 Å². The van der Waals surface area contributed by atoms with Gasteiger partial charge in [-0.1, -0.05) is 26.7 Å². The van der Waals surface area contributed by atoms with Gasteiger partial charge in [-0.05, 0) is 0 Å². The summed E-state index contributed by atoms with van der Waals surface area (Å²) in [7, 11) is 0. The molecule has 0 aromatic carbocycles. The molecule has 0 rings (SSSR count). The third kappa shape index (κ3) is 18.9. The van der Waals surface area contributed by atoms with Gasteiger partial charge in [0.2, 0.25) is 0 Å². The van der Waals surface area contributed by atoms with Crippen LogP contribution in [-0.2, 0) is 0 Å². The summed E-state index contributed by atoms with van der Waals surface area (Å²) in [5, 5.41) is 0. The zero-order valence-electron chi connectivity index (χ0n) is 4.53. The molecule has 0 N–H and O–H groups in total. The van der Waals surface area contributed by atoms with Crippen molar-refractivity contribution in [3.63, 3.8) is 0 Å². The summed E-state index contributed by atoms with van der Waals surface area (Å²) in [5.74, 6) is 0. The molecule has 40 valence electrons. The summed E-state index contributed by atoms with van der Waals surface area (Å²) in [5.41, 5.74) is 0. The summed E-state index contributed by atoms with van der Waals surface area (Å²) in [4.78, 5) is 0. The van der Waals surface area contributed by atoms with E-state index in [-0.39, 0.29) is 39.7 Å². The average Bonchev–Trinajstić information content (AvgIpc) is 1.37. The number of rotatable bonds is 1. The van der Waals surface area contributed by atoms with E-state index in [1.54, 1.807) is 0 Å². The number of unbranched alkanes of at least 4 members (excludes halogenated alkanes) is 1. The van der Waals surface area contributed by atoms with Gasteiger partial charge in [-0.25, -0.2) is 0 Å². The summed E-state index contributed by atoms with van der Waals surface area (Å²) in [6, 6.07) is 0. The van der Waals surface area contributed by atoms with Gasteiger partial charge in [0.15, 0.2) is 0 Å². The molecular weight excluding hydrogens is 291 g/mol. The maximum atomic E-state index is 2.18. The fourth-order valence-corrected chi connectivity index (χ4v) is 0. The Bertz CT molecular complexity index is 9.51.